The third-order valence-corrected chi connectivity index (χ3v) is 3.74. The largest absolute Gasteiger partial charge is 0.364 e. The molecule has 0 aliphatic carbocycles. The molecule has 1 amide bonds. The van der Waals surface area contributed by atoms with E-state index >= 15 is 0 Å². The van der Waals surface area contributed by atoms with E-state index < -0.39 is 36.6 Å². The Hall–Kier alpha value is -1.38. The van der Waals surface area contributed by atoms with Gasteiger partial charge >= 0.3 is 0 Å². The number of alkyl halides is 4. The molecule has 0 saturated heterocycles. The van der Waals surface area contributed by atoms with Gasteiger partial charge in [0.2, 0.25) is 5.72 Å². The average molecular weight is 359 g/mol. The summed E-state index contributed by atoms with van der Waals surface area (Å²) in [5, 5.41) is 13.0. The van der Waals surface area contributed by atoms with Gasteiger partial charge in [0.1, 0.15) is 5.71 Å². The van der Waals surface area contributed by atoms with Crippen LogP contribution in [0.15, 0.2) is 23.3 Å². The number of rotatable bonds is 3. The van der Waals surface area contributed by atoms with Crippen LogP contribution < -0.4 is 0 Å². The van der Waals surface area contributed by atoms with Gasteiger partial charge < -0.3 is 5.11 Å². The van der Waals surface area contributed by atoms with E-state index in [0.717, 1.165) is 12.1 Å². The molecule has 1 aliphatic heterocycles. The second-order valence-corrected chi connectivity index (χ2v) is 5.31. The van der Waals surface area contributed by atoms with Crippen molar-refractivity contribution in [2.24, 2.45) is 5.10 Å². The maximum absolute atomic E-state index is 13.0. The normalized spacial score (nSPS) is 21.7. The minimum Gasteiger partial charge on any atom is -0.364 e. The highest BCUT2D eigenvalue weighted by atomic mass is 35.5. The number of hydrogen-bond acceptors (Lipinski definition) is 3. The fourth-order valence-electron chi connectivity index (χ4n) is 1.85. The van der Waals surface area contributed by atoms with Gasteiger partial charge in [-0.2, -0.15) is 10.1 Å². The van der Waals surface area contributed by atoms with Crippen LogP contribution in [0.25, 0.3) is 0 Å². The zero-order chi connectivity index (χ0) is 16.7. The molecule has 0 saturated carbocycles. The van der Waals surface area contributed by atoms with E-state index in [4.69, 9.17) is 23.2 Å². The first kappa shape index (κ1) is 17.0. The van der Waals surface area contributed by atoms with Crippen LogP contribution in [0.3, 0.4) is 0 Å². The van der Waals surface area contributed by atoms with Crippen LogP contribution in [0.1, 0.15) is 16.8 Å². The third kappa shape index (κ3) is 2.90. The van der Waals surface area contributed by atoms with Crippen LogP contribution in [-0.4, -0.2) is 40.3 Å². The summed E-state index contributed by atoms with van der Waals surface area (Å²) in [6.07, 6.45) is -7.80. The Morgan fingerprint density at radius 2 is 1.91 bits per heavy atom. The van der Waals surface area contributed by atoms with Gasteiger partial charge in [-0.15, -0.1) is 0 Å². The van der Waals surface area contributed by atoms with E-state index in [1.54, 1.807) is 0 Å². The van der Waals surface area contributed by atoms with Gasteiger partial charge in [-0.1, -0.05) is 23.2 Å². The summed E-state index contributed by atoms with van der Waals surface area (Å²) in [4.78, 5) is 12.2. The van der Waals surface area contributed by atoms with E-state index in [1.165, 1.54) is 6.07 Å². The second-order valence-electron chi connectivity index (χ2n) is 4.49. The first-order chi connectivity index (χ1) is 10.2. The van der Waals surface area contributed by atoms with Crippen molar-refractivity contribution in [1.82, 2.24) is 5.01 Å². The molecule has 0 spiro atoms. The van der Waals surface area contributed by atoms with Crippen LogP contribution in [0, 0.1) is 0 Å². The highest BCUT2D eigenvalue weighted by molar-refractivity contribution is 6.42. The topological polar surface area (TPSA) is 52.9 Å². The molecule has 1 heterocycles. The predicted octanol–water partition coefficient (Wildman–Crippen LogP) is 3.41. The lowest BCUT2D eigenvalue weighted by atomic mass is 10.1. The molecule has 1 aliphatic rings. The summed E-state index contributed by atoms with van der Waals surface area (Å²) in [6.45, 7) is 0. The summed E-state index contributed by atoms with van der Waals surface area (Å²) in [6, 6.07) is 3.44. The van der Waals surface area contributed by atoms with Crippen LogP contribution in [0.5, 0.6) is 0 Å². The standard InChI is InChI=1S/C12H8Cl2F4N2O2/c13-6-2-1-5(3-7(6)14)10(21)20-12(22,11(17)18)4-8(19-20)9(15)16/h1-3,9,11,22H,4H2/t12-/m0/s1. The molecule has 2 rings (SSSR count). The average Bonchev–Trinajstić information content (AvgIpc) is 2.81. The van der Waals surface area contributed by atoms with Gasteiger partial charge in [-0.25, -0.2) is 17.6 Å². The zero-order valence-corrected chi connectivity index (χ0v) is 12.1. The number of halogens is 6. The number of hydrogen-bond donors (Lipinski definition) is 1. The van der Waals surface area contributed by atoms with Gasteiger partial charge in [0, 0.05) is 12.0 Å². The zero-order valence-electron chi connectivity index (χ0n) is 10.6. The van der Waals surface area contributed by atoms with Gasteiger partial charge in [0.05, 0.1) is 10.0 Å². The lowest BCUT2D eigenvalue weighted by Gasteiger charge is -2.30. The highest BCUT2D eigenvalue weighted by Crippen LogP contribution is 2.34. The first-order valence-corrected chi connectivity index (χ1v) is 6.58. The van der Waals surface area contributed by atoms with E-state index in [-0.39, 0.29) is 20.6 Å². The van der Waals surface area contributed by atoms with Crippen molar-refractivity contribution < 1.29 is 27.5 Å². The number of carbonyl (C=O) groups is 1. The van der Waals surface area contributed by atoms with E-state index in [2.05, 4.69) is 5.10 Å². The molecule has 1 aromatic rings. The molecule has 0 aromatic heterocycles. The van der Waals surface area contributed by atoms with Crippen molar-refractivity contribution in [3.05, 3.63) is 33.8 Å². The van der Waals surface area contributed by atoms with Crippen LogP contribution in [0.4, 0.5) is 17.6 Å². The van der Waals surface area contributed by atoms with Crippen molar-refractivity contribution in [2.45, 2.75) is 25.0 Å². The molecule has 4 nitrogen and oxygen atoms in total. The van der Waals surface area contributed by atoms with Crippen molar-refractivity contribution in [2.75, 3.05) is 0 Å². The van der Waals surface area contributed by atoms with Crippen molar-refractivity contribution in [1.29, 1.82) is 0 Å². The van der Waals surface area contributed by atoms with Crippen molar-refractivity contribution >= 4 is 34.8 Å². The number of aliphatic hydroxyl groups is 1. The Bertz CT molecular complexity index is 642. The molecular weight excluding hydrogens is 351 g/mol. The SMILES string of the molecule is O=C(c1ccc(Cl)c(Cl)c1)N1N=C(C(F)F)C[C@]1(O)C(F)F. The molecule has 0 fully saturated rings. The predicted molar refractivity (Wildman–Crippen MR) is 71.6 cm³/mol. The molecule has 1 N–H and O–H groups in total. The first-order valence-electron chi connectivity index (χ1n) is 5.82. The Morgan fingerprint density at radius 3 is 2.41 bits per heavy atom. The van der Waals surface area contributed by atoms with Gasteiger partial charge in [0.15, 0.2) is 0 Å². The fourth-order valence-corrected chi connectivity index (χ4v) is 2.15. The minimum atomic E-state index is -3.49. The molecular formula is C12H8Cl2F4N2O2. The number of benzene rings is 1. The Kier molecular flexibility index (Phi) is 4.65. The Morgan fingerprint density at radius 1 is 1.27 bits per heavy atom. The molecule has 0 unspecified atom stereocenters. The molecule has 1 aromatic carbocycles. The lowest BCUT2D eigenvalue weighted by molar-refractivity contribution is -0.164. The number of hydrazone groups is 1. The van der Waals surface area contributed by atoms with E-state index in [0.29, 0.717) is 0 Å². The van der Waals surface area contributed by atoms with Crippen LogP contribution in [-0.2, 0) is 0 Å². The molecule has 10 heteroatoms. The molecule has 120 valence electrons. The van der Waals surface area contributed by atoms with E-state index in [9.17, 15) is 27.5 Å². The van der Waals surface area contributed by atoms with Gasteiger partial charge in [0.25, 0.3) is 18.8 Å². The Labute approximate surface area is 131 Å². The summed E-state index contributed by atoms with van der Waals surface area (Å²) in [5.41, 5.74) is -4.36. The summed E-state index contributed by atoms with van der Waals surface area (Å²) >= 11 is 11.4. The van der Waals surface area contributed by atoms with Crippen molar-refractivity contribution in [3.63, 3.8) is 0 Å². The third-order valence-electron chi connectivity index (χ3n) is 3.00. The lowest BCUT2D eigenvalue weighted by Crippen LogP contribution is -2.51. The van der Waals surface area contributed by atoms with Crippen LogP contribution >= 0.6 is 23.2 Å². The quantitative estimate of drug-likeness (QED) is 0.841. The Balaban J connectivity index is 2.42. The summed E-state index contributed by atoms with van der Waals surface area (Å²) < 4.78 is 51.3. The highest BCUT2D eigenvalue weighted by Gasteiger charge is 2.53. The minimum absolute atomic E-state index is 0.0367. The monoisotopic (exact) mass is 358 g/mol. The molecule has 22 heavy (non-hydrogen) atoms. The number of nitrogens with zero attached hydrogens (tertiary/aromatic N) is 2. The molecule has 0 bridgehead atoms. The maximum Gasteiger partial charge on any atom is 0.287 e. The smallest absolute Gasteiger partial charge is 0.287 e. The molecule has 1 atom stereocenters. The number of amides is 1. The maximum atomic E-state index is 13.0. The van der Waals surface area contributed by atoms with Crippen molar-refractivity contribution in [3.8, 4) is 0 Å². The van der Waals surface area contributed by atoms with Crippen LogP contribution in [0.2, 0.25) is 10.0 Å². The van der Waals surface area contributed by atoms with E-state index in [1.807, 2.05) is 0 Å². The van der Waals surface area contributed by atoms with Gasteiger partial charge in [-0.3, -0.25) is 4.79 Å². The second kappa shape index (κ2) is 6.02. The number of carbonyl (C=O) groups excluding carboxylic acids is 1. The fraction of sp³-hybridized carbons (Fsp3) is 0.333. The van der Waals surface area contributed by atoms with Gasteiger partial charge in [-0.05, 0) is 18.2 Å². The molecule has 0 radical (unpaired) electrons. The summed E-state index contributed by atoms with van der Waals surface area (Å²) in [5.74, 6) is -1.20. The summed E-state index contributed by atoms with van der Waals surface area (Å²) in [7, 11) is 0.